The minimum absolute atomic E-state index is 0.135. The average molecular weight is 576 g/mol. The van der Waals surface area contributed by atoms with Crippen LogP contribution in [-0.2, 0) is 17.6 Å². The third-order valence-electron chi connectivity index (χ3n) is 7.50. The van der Waals surface area contributed by atoms with Crippen molar-refractivity contribution in [2.75, 3.05) is 13.2 Å². The van der Waals surface area contributed by atoms with Crippen molar-refractivity contribution in [3.05, 3.63) is 58.7 Å². The monoisotopic (exact) mass is 575 g/mol. The molecule has 7 nitrogen and oxygen atoms in total. The molecule has 0 aliphatic rings. The lowest BCUT2D eigenvalue weighted by Gasteiger charge is -2.27. The molecule has 7 heteroatoms. The van der Waals surface area contributed by atoms with Gasteiger partial charge < -0.3 is 30.8 Å². The second-order valence-corrected chi connectivity index (χ2v) is 11.3. The van der Waals surface area contributed by atoms with Gasteiger partial charge in [0.1, 0.15) is 0 Å². The molecule has 0 fully saturated rings. The van der Waals surface area contributed by atoms with Gasteiger partial charge in [-0.25, -0.2) is 0 Å². The molecule has 0 heterocycles. The lowest BCUT2D eigenvalue weighted by atomic mass is 9.88. The van der Waals surface area contributed by atoms with E-state index in [9.17, 15) is 25.2 Å². The third-order valence-corrected chi connectivity index (χ3v) is 7.50. The highest BCUT2D eigenvalue weighted by Gasteiger charge is 2.21. The molecule has 0 saturated heterocycles. The number of carboxylic acid groups (broad SMARTS) is 1. The highest BCUT2D eigenvalue weighted by atomic mass is 16.4. The molecule has 0 aliphatic heterocycles. The number of nitrogens with one attached hydrogen (secondary N) is 1. The standard InChI is InChI=1S/C34H57NO6/c1-4-6-9-15-30(38)21-20-29(19-18-28-14-12-13-27(5-2)22-28)32(23-31(39)25-36)33(35-24-26(3)37)16-10-7-8-11-17-34(40)41/h12-14,20-22,26,30-31,33,35-39H,4-11,15-19,23-25H2,1-3H3,(H,40,41). The number of aliphatic carboxylic acids is 1. The van der Waals surface area contributed by atoms with Gasteiger partial charge in [-0.15, -0.1) is 0 Å². The summed E-state index contributed by atoms with van der Waals surface area (Å²) in [7, 11) is 0. The Morgan fingerprint density at radius 1 is 0.951 bits per heavy atom. The van der Waals surface area contributed by atoms with Crippen LogP contribution in [0.2, 0.25) is 0 Å². The van der Waals surface area contributed by atoms with E-state index in [1.165, 1.54) is 11.1 Å². The molecule has 4 unspecified atom stereocenters. The zero-order valence-corrected chi connectivity index (χ0v) is 25.7. The van der Waals surface area contributed by atoms with Gasteiger partial charge in [-0.2, -0.15) is 0 Å². The number of aliphatic hydroxyl groups is 4. The van der Waals surface area contributed by atoms with E-state index in [-0.39, 0.29) is 25.5 Å². The molecule has 0 amide bonds. The molecule has 1 aromatic carbocycles. The summed E-state index contributed by atoms with van der Waals surface area (Å²) in [6.07, 6.45) is 12.6. The van der Waals surface area contributed by atoms with E-state index in [0.717, 1.165) is 68.9 Å². The molecule has 0 bridgehead atoms. The zero-order valence-electron chi connectivity index (χ0n) is 25.7. The van der Waals surface area contributed by atoms with Crippen molar-refractivity contribution < 1.29 is 30.3 Å². The molecule has 0 aliphatic carbocycles. The van der Waals surface area contributed by atoms with E-state index < -0.39 is 24.3 Å². The van der Waals surface area contributed by atoms with Crippen LogP contribution in [0.1, 0.15) is 109 Å². The van der Waals surface area contributed by atoms with E-state index in [4.69, 9.17) is 5.11 Å². The van der Waals surface area contributed by atoms with Gasteiger partial charge in [-0.3, -0.25) is 4.79 Å². The first-order valence-corrected chi connectivity index (χ1v) is 15.8. The van der Waals surface area contributed by atoms with Gasteiger partial charge in [0.05, 0.1) is 24.9 Å². The quantitative estimate of drug-likeness (QED) is 0.0711. The third kappa shape index (κ3) is 17.5. The number of aryl methyl sites for hydroxylation is 2. The van der Waals surface area contributed by atoms with Crippen molar-refractivity contribution in [2.24, 2.45) is 0 Å². The van der Waals surface area contributed by atoms with Crippen molar-refractivity contribution >= 4 is 5.97 Å². The van der Waals surface area contributed by atoms with Gasteiger partial charge in [-0.05, 0) is 74.1 Å². The first kappa shape index (κ1) is 37.0. The zero-order chi connectivity index (χ0) is 30.5. The van der Waals surface area contributed by atoms with Gasteiger partial charge in [0.15, 0.2) is 0 Å². The van der Waals surface area contributed by atoms with Gasteiger partial charge in [0, 0.05) is 19.0 Å². The predicted octanol–water partition coefficient (Wildman–Crippen LogP) is 5.48. The van der Waals surface area contributed by atoms with E-state index >= 15 is 0 Å². The molecule has 234 valence electrons. The maximum Gasteiger partial charge on any atom is 0.303 e. The summed E-state index contributed by atoms with van der Waals surface area (Å²) in [5.74, 6) is -0.775. The number of hydrogen-bond donors (Lipinski definition) is 6. The van der Waals surface area contributed by atoms with Crippen LogP contribution in [0.4, 0.5) is 0 Å². The fraction of sp³-hybridized carbons (Fsp3) is 0.676. The first-order chi connectivity index (χ1) is 19.7. The Labute approximate surface area is 248 Å². The molecule has 0 saturated carbocycles. The van der Waals surface area contributed by atoms with E-state index in [2.05, 4.69) is 43.4 Å². The van der Waals surface area contributed by atoms with Gasteiger partial charge in [-0.1, -0.05) is 88.8 Å². The molecule has 0 aromatic heterocycles. The first-order valence-electron chi connectivity index (χ1n) is 15.8. The number of hydrogen-bond acceptors (Lipinski definition) is 6. The Hall–Kier alpha value is -2.03. The number of rotatable bonds is 24. The van der Waals surface area contributed by atoms with Crippen LogP contribution in [0.25, 0.3) is 0 Å². The lowest BCUT2D eigenvalue weighted by molar-refractivity contribution is -0.137. The molecule has 41 heavy (non-hydrogen) atoms. The number of allylic oxidation sites excluding steroid dienone is 2. The maximum atomic E-state index is 10.9. The molecule has 0 radical (unpaired) electrons. The summed E-state index contributed by atoms with van der Waals surface area (Å²) in [6, 6.07) is 8.43. The summed E-state index contributed by atoms with van der Waals surface area (Å²) < 4.78 is 0. The SMILES string of the molecule is CCCCCC(O)C=CC(CCc1cccc(CC)c1)=C(CC(O)CO)C(CCCCCCC(=O)O)NCC(C)O. The van der Waals surface area contributed by atoms with Crippen LogP contribution in [0.3, 0.4) is 0 Å². The Kier molecular flexibility index (Phi) is 20.4. The van der Waals surface area contributed by atoms with Crippen molar-refractivity contribution in [1.82, 2.24) is 5.32 Å². The molecule has 0 spiro atoms. The molecular formula is C34H57NO6. The number of aliphatic hydroxyl groups excluding tert-OH is 4. The minimum Gasteiger partial charge on any atom is -0.481 e. The van der Waals surface area contributed by atoms with Crippen molar-refractivity contribution in [3.63, 3.8) is 0 Å². The Balaban J connectivity index is 3.35. The summed E-state index contributed by atoms with van der Waals surface area (Å²) in [4.78, 5) is 10.9. The average Bonchev–Trinajstić information content (AvgIpc) is 2.95. The topological polar surface area (TPSA) is 130 Å². The smallest absolute Gasteiger partial charge is 0.303 e. The van der Waals surface area contributed by atoms with Crippen molar-refractivity contribution in [3.8, 4) is 0 Å². The molecular weight excluding hydrogens is 518 g/mol. The van der Waals surface area contributed by atoms with Crippen LogP contribution in [0, 0.1) is 0 Å². The Morgan fingerprint density at radius 3 is 2.32 bits per heavy atom. The summed E-state index contributed by atoms with van der Waals surface area (Å²) in [5, 5.41) is 53.5. The number of benzene rings is 1. The highest BCUT2D eigenvalue weighted by molar-refractivity contribution is 5.66. The Morgan fingerprint density at radius 2 is 1.66 bits per heavy atom. The van der Waals surface area contributed by atoms with Gasteiger partial charge >= 0.3 is 5.97 Å². The normalized spacial score (nSPS) is 15.5. The second kappa shape index (κ2) is 22.6. The van der Waals surface area contributed by atoms with E-state index in [1.807, 2.05) is 12.2 Å². The van der Waals surface area contributed by atoms with Crippen molar-refractivity contribution in [2.45, 2.75) is 135 Å². The van der Waals surface area contributed by atoms with Crippen molar-refractivity contribution in [1.29, 1.82) is 0 Å². The summed E-state index contributed by atoms with van der Waals surface area (Å²) in [6.45, 7) is 6.05. The lowest BCUT2D eigenvalue weighted by Crippen LogP contribution is -2.37. The molecule has 6 N–H and O–H groups in total. The van der Waals surface area contributed by atoms with Crippen LogP contribution >= 0.6 is 0 Å². The summed E-state index contributed by atoms with van der Waals surface area (Å²) >= 11 is 0. The van der Waals surface area contributed by atoms with Crippen LogP contribution in [0.5, 0.6) is 0 Å². The largest absolute Gasteiger partial charge is 0.481 e. The minimum atomic E-state index is -0.919. The van der Waals surface area contributed by atoms with Crippen LogP contribution in [-0.4, -0.2) is 69.0 Å². The molecule has 1 aromatic rings. The van der Waals surface area contributed by atoms with Gasteiger partial charge in [0.25, 0.3) is 0 Å². The predicted molar refractivity (Wildman–Crippen MR) is 167 cm³/mol. The number of carboxylic acids is 1. The fourth-order valence-electron chi connectivity index (χ4n) is 5.07. The van der Waals surface area contributed by atoms with Crippen LogP contribution in [0.15, 0.2) is 47.6 Å². The number of unbranched alkanes of at least 4 members (excludes halogenated alkanes) is 5. The van der Waals surface area contributed by atoms with E-state index in [1.54, 1.807) is 6.92 Å². The highest BCUT2D eigenvalue weighted by Crippen LogP contribution is 2.26. The van der Waals surface area contributed by atoms with Gasteiger partial charge in [0.2, 0.25) is 0 Å². The number of carbonyl (C=O) groups is 1. The van der Waals surface area contributed by atoms with E-state index in [0.29, 0.717) is 25.8 Å². The Bertz CT molecular complexity index is 897. The molecule has 4 atom stereocenters. The summed E-state index contributed by atoms with van der Waals surface area (Å²) in [5.41, 5.74) is 4.53. The molecule has 1 rings (SSSR count). The van der Waals surface area contributed by atoms with Crippen LogP contribution < -0.4 is 5.32 Å². The maximum absolute atomic E-state index is 10.9. The fourth-order valence-corrected chi connectivity index (χ4v) is 5.07. The second-order valence-electron chi connectivity index (χ2n) is 11.3.